The topological polar surface area (TPSA) is 34.1 Å². The lowest BCUT2D eigenvalue weighted by Gasteiger charge is -2.29. The fourth-order valence-electron chi connectivity index (χ4n) is 2.61. The molecule has 1 aromatic heterocycles. The molecule has 134 valence electrons. The Balaban J connectivity index is 0.00000242. The third-order valence-electron chi connectivity index (χ3n) is 4.02. The van der Waals surface area contributed by atoms with Crippen molar-refractivity contribution in [3.8, 4) is 5.75 Å². The standard InChI is InChI=1S/C15H21F3N2O.2ClH/c1-3-11-6-13(8-20-14(11)15(16,17)18)21-9-12-4-5-19-7-10(12)2;;/h6,8,10,12,19H,3-5,7,9H2,1-2H3;2*1H. The van der Waals surface area contributed by atoms with Gasteiger partial charge in [-0.1, -0.05) is 13.8 Å². The lowest BCUT2D eigenvalue weighted by atomic mass is 9.89. The Kier molecular flexibility index (Phi) is 9.25. The summed E-state index contributed by atoms with van der Waals surface area (Å²) >= 11 is 0. The quantitative estimate of drug-likeness (QED) is 0.859. The SMILES string of the molecule is CCc1cc(OCC2CCNCC2C)cnc1C(F)(F)F.Cl.Cl. The van der Waals surface area contributed by atoms with E-state index in [9.17, 15) is 13.2 Å². The van der Waals surface area contributed by atoms with Gasteiger partial charge in [0.25, 0.3) is 0 Å². The molecule has 1 N–H and O–H groups in total. The van der Waals surface area contributed by atoms with Gasteiger partial charge < -0.3 is 10.1 Å². The van der Waals surface area contributed by atoms with E-state index in [1.54, 1.807) is 6.92 Å². The number of hydrogen-bond donors (Lipinski definition) is 1. The van der Waals surface area contributed by atoms with Gasteiger partial charge in [-0.2, -0.15) is 13.2 Å². The number of alkyl halides is 3. The predicted octanol–water partition coefficient (Wildman–Crippen LogP) is 4.13. The van der Waals surface area contributed by atoms with Crippen molar-refractivity contribution >= 4 is 24.8 Å². The molecular formula is C15H23Cl2F3N2O. The summed E-state index contributed by atoms with van der Waals surface area (Å²) in [6.07, 6.45) is -1.93. The van der Waals surface area contributed by atoms with Crippen molar-refractivity contribution in [1.29, 1.82) is 0 Å². The number of hydrogen-bond acceptors (Lipinski definition) is 3. The Labute approximate surface area is 147 Å². The Hall–Kier alpha value is -0.720. The van der Waals surface area contributed by atoms with Crippen LogP contribution in [0.1, 0.15) is 31.5 Å². The van der Waals surface area contributed by atoms with Crippen LogP contribution >= 0.6 is 24.8 Å². The molecule has 1 saturated heterocycles. The van der Waals surface area contributed by atoms with Crippen LogP contribution in [-0.4, -0.2) is 24.7 Å². The van der Waals surface area contributed by atoms with Crippen molar-refractivity contribution in [2.45, 2.75) is 32.9 Å². The van der Waals surface area contributed by atoms with E-state index in [4.69, 9.17) is 4.74 Å². The molecule has 3 nitrogen and oxygen atoms in total. The summed E-state index contributed by atoms with van der Waals surface area (Å²) in [5.41, 5.74) is -0.633. The van der Waals surface area contributed by atoms with Crippen molar-refractivity contribution in [2.24, 2.45) is 11.8 Å². The molecule has 1 fully saturated rings. The number of pyridine rings is 1. The lowest BCUT2D eigenvalue weighted by molar-refractivity contribution is -0.141. The molecule has 2 unspecified atom stereocenters. The molecule has 23 heavy (non-hydrogen) atoms. The second-order valence-corrected chi connectivity index (χ2v) is 5.57. The fourth-order valence-corrected chi connectivity index (χ4v) is 2.61. The molecule has 1 aliphatic rings. The van der Waals surface area contributed by atoms with Gasteiger partial charge in [-0.15, -0.1) is 24.8 Å². The summed E-state index contributed by atoms with van der Waals surface area (Å²) < 4.78 is 44.0. The molecule has 0 radical (unpaired) electrons. The van der Waals surface area contributed by atoms with Crippen molar-refractivity contribution < 1.29 is 17.9 Å². The minimum absolute atomic E-state index is 0. The van der Waals surface area contributed by atoms with Gasteiger partial charge in [0.15, 0.2) is 0 Å². The number of halogens is 5. The van der Waals surface area contributed by atoms with Crippen LogP contribution in [0.15, 0.2) is 12.3 Å². The molecule has 0 spiro atoms. The highest BCUT2D eigenvalue weighted by Crippen LogP contribution is 2.32. The van der Waals surface area contributed by atoms with E-state index in [1.807, 2.05) is 0 Å². The Bertz CT molecular complexity index is 486. The smallest absolute Gasteiger partial charge is 0.433 e. The maximum absolute atomic E-state index is 12.8. The molecule has 0 aliphatic carbocycles. The number of aryl methyl sites for hydroxylation is 1. The summed E-state index contributed by atoms with van der Waals surface area (Å²) in [4.78, 5) is 3.54. The Morgan fingerprint density at radius 1 is 1.35 bits per heavy atom. The number of ether oxygens (including phenoxy) is 1. The molecule has 0 saturated carbocycles. The predicted molar refractivity (Wildman–Crippen MR) is 88.7 cm³/mol. The summed E-state index contributed by atoms with van der Waals surface area (Å²) in [6, 6.07) is 1.46. The third-order valence-corrected chi connectivity index (χ3v) is 4.02. The highest BCUT2D eigenvalue weighted by Gasteiger charge is 2.35. The first-order chi connectivity index (χ1) is 9.91. The maximum Gasteiger partial charge on any atom is 0.433 e. The largest absolute Gasteiger partial charge is 0.492 e. The zero-order valence-electron chi connectivity index (χ0n) is 13.2. The van der Waals surface area contributed by atoms with Crippen LogP contribution in [0.25, 0.3) is 0 Å². The minimum Gasteiger partial charge on any atom is -0.492 e. The second kappa shape index (κ2) is 9.55. The molecule has 8 heteroatoms. The average Bonchev–Trinajstić information content (AvgIpc) is 2.45. The molecule has 1 aromatic rings. The molecule has 0 amide bonds. The molecule has 2 atom stereocenters. The van der Waals surface area contributed by atoms with Crippen LogP contribution in [0.5, 0.6) is 5.75 Å². The van der Waals surface area contributed by atoms with Crippen molar-refractivity contribution in [1.82, 2.24) is 10.3 Å². The van der Waals surface area contributed by atoms with E-state index in [0.29, 0.717) is 24.2 Å². The summed E-state index contributed by atoms with van der Waals surface area (Å²) in [6.45, 7) is 6.29. The molecule has 1 aliphatic heterocycles. The van der Waals surface area contributed by atoms with E-state index in [2.05, 4.69) is 17.2 Å². The van der Waals surface area contributed by atoms with E-state index in [-0.39, 0.29) is 36.8 Å². The molecule has 2 heterocycles. The monoisotopic (exact) mass is 374 g/mol. The number of nitrogens with one attached hydrogen (secondary N) is 1. The van der Waals surface area contributed by atoms with Gasteiger partial charge in [-0.3, -0.25) is 0 Å². The number of aromatic nitrogens is 1. The zero-order chi connectivity index (χ0) is 15.5. The van der Waals surface area contributed by atoms with Crippen molar-refractivity contribution in [3.63, 3.8) is 0 Å². The van der Waals surface area contributed by atoms with Crippen LogP contribution in [0.3, 0.4) is 0 Å². The van der Waals surface area contributed by atoms with Gasteiger partial charge in [-0.05, 0) is 49.4 Å². The molecule has 0 aromatic carbocycles. The van der Waals surface area contributed by atoms with Gasteiger partial charge in [-0.25, -0.2) is 4.98 Å². The lowest BCUT2D eigenvalue weighted by Crippen LogP contribution is -2.37. The maximum atomic E-state index is 12.8. The summed E-state index contributed by atoms with van der Waals surface area (Å²) in [7, 11) is 0. The second-order valence-electron chi connectivity index (χ2n) is 5.57. The summed E-state index contributed by atoms with van der Waals surface area (Å²) in [5.74, 6) is 1.36. The van der Waals surface area contributed by atoms with Crippen LogP contribution in [-0.2, 0) is 12.6 Å². The highest BCUT2D eigenvalue weighted by atomic mass is 35.5. The molecule has 2 rings (SSSR count). The number of piperidine rings is 1. The number of rotatable bonds is 4. The fraction of sp³-hybridized carbons (Fsp3) is 0.667. The first kappa shape index (κ1) is 22.3. The molecular weight excluding hydrogens is 352 g/mol. The average molecular weight is 375 g/mol. The van der Waals surface area contributed by atoms with Crippen LogP contribution < -0.4 is 10.1 Å². The first-order valence-corrected chi connectivity index (χ1v) is 7.31. The van der Waals surface area contributed by atoms with Gasteiger partial charge in [0, 0.05) is 0 Å². The van der Waals surface area contributed by atoms with Crippen LogP contribution in [0.4, 0.5) is 13.2 Å². The van der Waals surface area contributed by atoms with Gasteiger partial charge >= 0.3 is 6.18 Å². The third kappa shape index (κ3) is 6.01. The molecule has 0 bridgehead atoms. The van der Waals surface area contributed by atoms with Gasteiger partial charge in [0.2, 0.25) is 0 Å². The Morgan fingerprint density at radius 2 is 2.04 bits per heavy atom. The van der Waals surface area contributed by atoms with Crippen LogP contribution in [0, 0.1) is 11.8 Å². The van der Waals surface area contributed by atoms with Crippen LogP contribution in [0.2, 0.25) is 0 Å². The van der Waals surface area contributed by atoms with Crippen molar-refractivity contribution in [3.05, 3.63) is 23.5 Å². The van der Waals surface area contributed by atoms with E-state index in [1.165, 1.54) is 12.3 Å². The number of nitrogens with zero attached hydrogens (tertiary/aromatic N) is 1. The normalized spacial score (nSPS) is 21.1. The van der Waals surface area contributed by atoms with E-state index < -0.39 is 11.9 Å². The zero-order valence-corrected chi connectivity index (χ0v) is 14.8. The van der Waals surface area contributed by atoms with Crippen molar-refractivity contribution in [2.75, 3.05) is 19.7 Å². The van der Waals surface area contributed by atoms with Gasteiger partial charge in [0.1, 0.15) is 11.4 Å². The van der Waals surface area contributed by atoms with E-state index in [0.717, 1.165) is 19.5 Å². The first-order valence-electron chi connectivity index (χ1n) is 7.31. The van der Waals surface area contributed by atoms with Gasteiger partial charge in [0.05, 0.1) is 12.8 Å². The highest BCUT2D eigenvalue weighted by molar-refractivity contribution is 5.85. The summed E-state index contributed by atoms with van der Waals surface area (Å²) in [5, 5.41) is 3.31. The Morgan fingerprint density at radius 3 is 2.61 bits per heavy atom. The van der Waals surface area contributed by atoms with E-state index >= 15 is 0 Å². The minimum atomic E-state index is -4.41.